The predicted octanol–water partition coefficient (Wildman–Crippen LogP) is 1.40. The fourth-order valence-corrected chi connectivity index (χ4v) is 2.01. The van der Waals surface area contributed by atoms with Gasteiger partial charge in [-0.25, -0.2) is 9.59 Å². The molecule has 1 rings (SSSR count). The van der Waals surface area contributed by atoms with E-state index in [1.807, 2.05) is 0 Å². The van der Waals surface area contributed by atoms with Crippen LogP contribution in [0.5, 0.6) is 5.75 Å². The highest BCUT2D eigenvalue weighted by atomic mass is 16.6. The van der Waals surface area contributed by atoms with Crippen LogP contribution in [0.1, 0.15) is 42.8 Å². The Labute approximate surface area is 146 Å². The molecule has 0 heterocycles. The van der Waals surface area contributed by atoms with Crippen molar-refractivity contribution in [3.63, 3.8) is 0 Å². The van der Waals surface area contributed by atoms with Crippen molar-refractivity contribution >= 4 is 12.1 Å². The molecule has 0 aliphatic carbocycles. The lowest BCUT2D eigenvalue weighted by Gasteiger charge is -2.22. The Balaban J connectivity index is 2.77. The van der Waals surface area contributed by atoms with E-state index < -0.39 is 29.9 Å². The van der Waals surface area contributed by atoms with Crippen LogP contribution in [0.4, 0.5) is 4.79 Å². The number of aliphatic hydroxyl groups excluding tert-OH is 2. The van der Waals surface area contributed by atoms with E-state index in [1.54, 1.807) is 20.8 Å². The van der Waals surface area contributed by atoms with Crippen LogP contribution in [-0.4, -0.2) is 54.7 Å². The van der Waals surface area contributed by atoms with Gasteiger partial charge < -0.3 is 29.7 Å². The predicted molar refractivity (Wildman–Crippen MR) is 89.5 cm³/mol. The molecule has 3 N–H and O–H groups in total. The molecule has 0 saturated carbocycles. The number of amides is 1. The number of alkyl carbamates (subject to hydrolysis) is 1. The highest BCUT2D eigenvalue weighted by Crippen LogP contribution is 2.26. The molecule has 1 aromatic carbocycles. The number of methoxy groups -OCH3 is 2. The van der Waals surface area contributed by atoms with Gasteiger partial charge in [0.2, 0.25) is 0 Å². The number of ether oxygens (including phenoxy) is 3. The number of nitrogens with one attached hydrogen (secondary N) is 1. The maximum atomic E-state index is 11.6. The number of rotatable bonds is 6. The van der Waals surface area contributed by atoms with Gasteiger partial charge in [0.25, 0.3) is 0 Å². The first kappa shape index (κ1) is 20.7. The maximum Gasteiger partial charge on any atom is 0.407 e. The lowest BCUT2D eigenvalue weighted by Crippen LogP contribution is -2.38. The van der Waals surface area contributed by atoms with E-state index in [4.69, 9.17) is 9.47 Å². The molecule has 2 unspecified atom stereocenters. The molecule has 0 spiro atoms. The number of hydrogen-bond acceptors (Lipinski definition) is 7. The Morgan fingerprint density at radius 3 is 2.36 bits per heavy atom. The van der Waals surface area contributed by atoms with Crippen LogP contribution in [0.3, 0.4) is 0 Å². The topological polar surface area (TPSA) is 114 Å². The van der Waals surface area contributed by atoms with Gasteiger partial charge in [-0.15, -0.1) is 0 Å². The SMILES string of the molecule is COC(=O)c1ccc(C(O)C(O)CNC(=O)OC(C)(C)C)cc1OC. The second-order valence-electron chi connectivity index (χ2n) is 6.35. The molecule has 25 heavy (non-hydrogen) atoms. The van der Waals surface area contributed by atoms with Gasteiger partial charge in [-0.1, -0.05) is 6.07 Å². The van der Waals surface area contributed by atoms with E-state index in [9.17, 15) is 19.8 Å². The van der Waals surface area contributed by atoms with Gasteiger partial charge in [-0.2, -0.15) is 0 Å². The zero-order valence-corrected chi connectivity index (χ0v) is 15.0. The zero-order chi connectivity index (χ0) is 19.2. The average molecular weight is 355 g/mol. The van der Waals surface area contributed by atoms with E-state index in [0.29, 0.717) is 5.56 Å². The van der Waals surface area contributed by atoms with Crippen LogP contribution in [0, 0.1) is 0 Å². The molecule has 0 aromatic heterocycles. The minimum absolute atomic E-state index is 0.197. The van der Waals surface area contributed by atoms with E-state index in [2.05, 4.69) is 10.1 Å². The number of benzene rings is 1. The smallest absolute Gasteiger partial charge is 0.407 e. The minimum Gasteiger partial charge on any atom is -0.496 e. The first-order valence-electron chi connectivity index (χ1n) is 7.68. The van der Waals surface area contributed by atoms with Gasteiger partial charge in [0.15, 0.2) is 0 Å². The molecule has 0 radical (unpaired) electrons. The largest absolute Gasteiger partial charge is 0.496 e. The summed E-state index contributed by atoms with van der Waals surface area (Å²) in [5, 5.41) is 22.7. The summed E-state index contributed by atoms with van der Waals surface area (Å²) < 4.78 is 14.8. The first-order chi connectivity index (χ1) is 11.6. The minimum atomic E-state index is -1.30. The Hall–Kier alpha value is -2.32. The van der Waals surface area contributed by atoms with Crippen LogP contribution in [-0.2, 0) is 9.47 Å². The van der Waals surface area contributed by atoms with Crippen molar-refractivity contribution < 1.29 is 34.0 Å². The number of hydrogen-bond donors (Lipinski definition) is 3. The third-order valence-corrected chi connectivity index (χ3v) is 3.19. The standard InChI is InChI=1S/C17H25NO7/c1-17(2,3)25-16(22)18-9-12(19)14(20)10-6-7-11(15(21)24-5)13(8-10)23-4/h6-8,12,14,19-20H,9H2,1-5H3,(H,18,22). The van der Waals surface area contributed by atoms with Gasteiger partial charge in [0, 0.05) is 6.54 Å². The van der Waals surface area contributed by atoms with E-state index >= 15 is 0 Å². The van der Waals surface area contributed by atoms with E-state index in [-0.39, 0.29) is 17.9 Å². The molecular weight excluding hydrogens is 330 g/mol. The van der Waals surface area contributed by atoms with Crippen molar-refractivity contribution in [2.75, 3.05) is 20.8 Å². The van der Waals surface area contributed by atoms with E-state index in [0.717, 1.165) is 0 Å². The molecule has 8 nitrogen and oxygen atoms in total. The van der Waals surface area contributed by atoms with Crippen LogP contribution < -0.4 is 10.1 Å². The number of carbonyl (C=O) groups excluding carboxylic acids is 2. The highest BCUT2D eigenvalue weighted by molar-refractivity contribution is 5.92. The van der Waals surface area contributed by atoms with Gasteiger partial charge in [-0.05, 0) is 38.5 Å². The summed E-state index contributed by atoms with van der Waals surface area (Å²) in [6.45, 7) is 4.93. The third kappa shape index (κ3) is 6.24. The lowest BCUT2D eigenvalue weighted by atomic mass is 10.0. The Morgan fingerprint density at radius 1 is 1.20 bits per heavy atom. The Bertz CT molecular complexity index is 610. The molecule has 2 atom stereocenters. The average Bonchev–Trinajstić information content (AvgIpc) is 2.56. The van der Waals surface area contributed by atoms with E-state index in [1.165, 1.54) is 32.4 Å². The first-order valence-corrected chi connectivity index (χ1v) is 7.68. The van der Waals surface area contributed by atoms with Crippen molar-refractivity contribution in [3.05, 3.63) is 29.3 Å². The number of carbonyl (C=O) groups is 2. The summed E-state index contributed by atoms with van der Waals surface area (Å²) in [7, 11) is 2.62. The van der Waals surface area contributed by atoms with Crippen LogP contribution in [0.25, 0.3) is 0 Å². The van der Waals surface area contributed by atoms with Crippen molar-refractivity contribution in [2.24, 2.45) is 0 Å². The molecule has 0 bridgehead atoms. The summed E-state index contributed by atoms with van der Waals surface area (Å²) in [5.41, 5.74) is -0.143. The fourth-order valence-electron chi connectivity index (χ4n) is 2.01. The molecule has 0 fully saturated rings. The number of esters is 1. The molecule has 1 aromatic rings. The van der Waals surface area contributed by atoms with Crippen LogP contribution in [0.15, 0.2) is 18.2 Å². The Morgan fingerprint density at radius 2 is 1.84 bits per heavy atom. The highest BCUT2D eigenvalue weighted by Gasteiger charge is 2.23. The maximum absolute atomic E-state index is 11.6. The molecule has 0 aliphatic heterocycles. The van der Waals surface area contributed by atoms with Crippen molar-refractivity contribution in [3.8, 4) is 5.75 Å². The fraction of sp³-hybridized carbons (Fsp3) is 0.529. The second kappa shape index (κ2) is 8.68. The molecule has 8 heteroatoms. The molecule has 0 aliphatic rings. The summed E-state index contributed by atoms with van der Waals surface area (Å²) in [6, 6.07) is 4.32. The van der Waals surface area contributed by atoms with Crippen LogP contribution >= 0.6 is 0 Å². The molecule has 1 amide bonds. The van der Waals surface area contributed by atoms with Gasteiger partial charge in [0.1, 0.15) is 29.1 Å². The van der Waals surface area contributed by atoms with Crippen molar-refractivity contribution in [2.45, 2.75) is 38.6 Å². The lowest BCUT2D eigenvalue weighted by molar-refractivity contribution is 0.0128. The third-order valence-electron chi connectivity index (χ3n) is 3.19. The Kier molecular flexibility index (Phi) is 7.20. The van der Waals surface area contributed by atoms with Crippen molar-refractivity contribution in [1.29, 1.82) is 0 Å². The summed E-state index contributed by atoms with van der Waals surface area (Å²) in [6.07, 6.45) is -3.27. The molecule has 0 saturated heterocycles. The monoisotopic (exact) mass is 355 g/mol. The number of aliphatic hydroxyl groups is 2. The summed E-state index contributed by atoms with van der Waals surface area (Å²) in [4.78, 5) is 23.2. The van der Waals surface area contributed by atoms with Crippen molar-refractivity contribution in [1.82, 2.24) is 5.32 Å². The molecular formula is C17H25NO7. The zero-order valence-electron chi connectivity index (χ0n) is 15.0. The second-order valence-corrected chi connectivity index (χ2v) is 6.35. The summed E-state index contributed by atoms with van der Waals surface area (Å²) in [5.74, 6) is -0.374. The quantitative estimate of drug-likeness (QED) is 0.661. The van der Waals surface area contributed by atoms with Crippen LogP contribution in [0.2, 0.25) is 0 Å². The molecule has 140 valence electrons. The summed E-state index contributed by atoms with van der Waals surface area (Å²) >= 11 is 0. The van der Waals surface area contributed by atoms with Gasteiger partial charge in [-0.3, -0.25) is 0 Å². The normalized spacial score (nSPS) is 13.6. The van der Waals surface area contributed by atoms with Gasteiger partial charge >= 0.3 is 12.1 Å². The van der Waals surface area contributed by atoms with Gasteiger partial charge in [0.05, 0.1) is 14.2 Å².